The molecule has 0 bridgehead atoms. The van der Waals surface area contributed by atoms with Gasteiger partial charge in [0.15, 0.2) is 5.69 Å². The van der Waals surface area contributed by atoms with Crippen LogP contribution in [0.4, 0.5) is 22.0 Å². The molecule has 1 amide bonds. The molecule has 0 atom stereocenters. The summed E-state index contributed by atoms with van der Waals surface area (Å²) in [6.07, 6.45) is -1.49. The first-order valence-electron chi connectivity index (χ1n) is 14.8. The highest BCUT2D eigenvalue weighted by Gasteiger charge is 2.44. The van der Waals surface area contributed by atoms with Crippen LogP contribution in [0.25, 0.3) is 16.3 Å². The van der Waals surface area contributed by atoms with Crippen LogP contribution in [0.5, 0.6) is 0 Å². The lowest BCUT2D eigenvalue weighted by atomic mass is 10.1. The summed E-state index contributed by atoms with van der Waals surface area (Å²) in [5.74, 6) is 2.72. The number of nitrogens with zero attached hydrogens (tertiary/aromatic N) is 4. The molecule has 2 N–H and O–H groups in total. The van der Waals surface area contributed by atoms with Gasteiger partial charge in [0.1, 0.15) is 0 Å². The van der Waals surface area contributed by atoms with Crippen molar-refractivity contribution in [2.24, 2.45) is 0 Å². The molecule has 2 aromatic carbocycles. The van der Waals surface area contributed by atoms with Gasteiger partial charge < -0.3 is 0 Å². The van der Waals surface area contributed by atoms with Gasteiger partial charge in [-0.15, -0.1) is 11.3 Å². The van der Waals surface area contributed by atoms with Gasteiger partial charge in [0.2, 0.25) is 0 Å². The van der Waals surface area contributed by atoms with Crippen LogP contribution in [0.2, 0.25) is 10.0 Å². The standard InChI is InChI=1S/C32H27Cl2F5N6OS2/c33-22-9-12-26(25(34)16-22)45-29(27-13-11-23(47-27)10-6-20-4-7-21(8-5-20)32(37,38)39)24(17-40-48-44-18-31(35,36)19-44)28(41-45)30(46)42-43-14-2-1-3-15-43/h4-5,7-9,11-13,16,40H,1-3,14-15,17-19H2,(H,42,46). The highest BCUT2D eigenvalue weighted by atomic mass is 35.5. The summed E-state index contributed by atoms with van der Waals surface area (Å²) in [6.45, 7) is 0.679. The van der Waals surface area contributed by atoms with Gasteiger partial charge in [-0.1, -0.05) is 41.5 Å². The average Bonchev–Trinajstić information content (AvgIpc) is 3.64. The number of benzene rings is 2. The zero-order valence-corrected chi connectivity index (χ0v) is 28.2. The summed E-state index contributed by atoms with van der Waals surface area (Å²) in [6, 6.07) is 13.0. The second-order valence-electron chi connectivity index (χ2n) is 11.2. The SMILES string of the molecule is O=C(NN1CCCCC1)c1nn(-c2ccc(Cl)cc2Cl)c(-c2ccc(C#Cc3ccc(C(F)(F)F)cc3)s2)c1CNSN1CC(F)(F)C1. The number of nitrogens with one attached hydrogen (secondary N) is 2. The maximum atomic E-state index is 13.8. The monoisotopic (exact) mass is 740 g/mol. The number of alkyl halides is 5. The minimum atomic E-state index is -4.44. The summed E-state index contributed by atoms with van der Waals surface area (Å²) in [5.41, 5.74) is 4.21. The fraction of sp³-hybridized carbons (Fsp3) is 0.312. The van der Waals surface area contributed by atoms with Gasteiger partial charge in [0, 0.05) is 47.9 Å². The maximum absolute atomic E-state index is 13.8. The number of hydrazine groups is 1. The molecule has 0 unspecified atom stereocenters. The van der Waals surface area contributed by atoms with Gasteiger partial charge in [-0.05, 0) is 67.4 Å². The number of carbonyl (C=O) groups is 1. The van der Waals surface area contributed by atoms with E-state index in [-0.39, 0.29) is 17.3 Å². The van der Waals surface area contributed by atoms with Gasteiger partial charge in [0.05, 0.1) is 44.8 Å². The second kappa shape index (κ2) is 14.4. The molecule has 7 nitrogen and oxygen atoms in total. The Morgan fingerprint density at radius 2 is 1.73 bits per heavy atom. The summed E-state index contributed by atoms with van der Waals surface area (Å²) >= 11 is 15.2. The number of carbonyl (C=O) groups excluding carboxylic acids is 1. The Hall–Kier alpha value is -3.16. The largest absolute Gasteiger partial charge is 0.416 e. The summed E-state index contributed by atoms with van der Waals surface area (Å²) in [4.78, 5) is 15.1. The Morgan fingerprint density at radius 1 is 1.00 bits per heavy atom. The zero-order chi connectivity index (χ0) is 34.1. The number of halogens is 7. The normalized spacial score (nSPS) is 16.6. The molecule has 0 radical (unpaired) electrons. The van der Waals surface area contributed by atoms with Crippen molar-refractivity contribution in [1.29, 1.82) is 0 Å². The molecule has 4 heterocycles. The Balaban J connectivity index is 1.38. The van der Waals surface area contributed by atoms with Gasteiger partial charge in [-0.2, -0.15) is 18.3 Å². The molecule has 16 heteroatoms. The van der Waals surface area contributed by atoms with Crippen LogP contribution >= 0.6 is 46.7 Å². The fourth-order valence-corrected chi connectivity index (χ4v) is 7.53. The van der Waals surface area contributed by atoms with Gasteiger partial charge in [-0.25, -0.2) is 27.5 Å². The van der Waals surface area contributed by atoms with Crippen molar-refractivity contribution in [3.63, 3.8) is 0 Å². The van der Waals surface area contributed by atoms with Crippen molar-refractivity contribution in [3.8, 4) is 28.1 Å². The molecule has 2 fully saturated rings. The van der Waals surface area contributed by atoms with Crippen LogP contribution in [0.15, 0.2) is 54.6 Å². The Kier molecular flexibility index (Phi) is 10.4. The first-order chi connectivity index (χ1) is 22.9. The summed E-state index contributed by atoms with van der Waals surface area (Å²) < 4.78 is 72.1. The molecule has 2 aromatic heterocycles. The van der Waals surface area contributed by atoms with Crippen LogP contribution in [-0.2, 0) is 12.7 Å². The number of amides is 1. The molecule has 252 valence electrons. The predicted octanol–water partition coefficient (Wildman–Crippen LogP) is 8.06. The minimum absolute atomic E-state index is 0.0838. The molecule has 4 aromatic rings. The van der Waals surface area contributed by atoms with E-state index in [1.807, 2.05) is 5.01 Å². The quantitative estimate of drug-likeness (QED) is 0.108. The third-order valence-corrected chi connectivity index (χ3v) is 9.93. The highest BCUT2D eigenvalue weighted by Crippen LogP contribution is 2.38. The molecule has 2 aliphatic rings. The second-order valence-corrected chi connectivity index (χ2v) is 14.1. The molecule has 48 heavy (non-hydrogen) atoms. The lowest BCUT2D eigenvalue weighted by Gasteiger charge is -2.37. The summed E-state index contributed by atoms with van der Waals surface area (Å²) in [7, 11) is 0. The van der Waals surface area contributed by atoms with E-state index in [4.69, 9.17) is 28.3 Å². The molecule has 2 saturated heterocycles. The minimum Gasteiger partial charge on any atom is -0.283 e. The van der Waals surface area contributed by atoms with Crippen LogP contribution in [0, 0.1) is 11.8 Å². The lowest BCUT2D eigenvalue weighted by molar-refractivity contribution is -0.137. The average molecular weight is 742 g/mol. The van der Waals surface area contributed by atoms with Crippen molar-refractivity contribution in [2.45, 2.75) is 37.9 Å². The summed E-state index contributed by atoms with van der Waals surface area (Å²) in [5, 5.41) is 7.29. The molecular formula is C32H27Cl2F5N6OS2. The van der Waals surface area contributed by atoms with E-state index in [1.165, 1.54) is 27.8 Å². The Bertz CT molecular complexity index is 1850. The lowest BCUT2D eigenvalue weighted by Crippen LogP contribution is -2.53. The van der Waals surface area contributed by atoms with E-state index < -0.39 is 36.7 Å². The molecule has 0 saturated carbocycles. The Morgan fingerprint density at radius 3 is 2.40 bits per heavy atom. The number of aromatic nitrogens is 2. The van der Waals surface area contributed by atoms with Crippen molar-refractivity contribution in [1.82, 2.24) is 29.2 Å². The van der Waals surface area contributed by atoms with E-state index in [2.05, 4.69) is 22.0 Å². The number of hydrogen-bond acceptors (Lipinski definition) is 7. The van der Waals surface area contributed by atoms with E-state index in [9.17, 15) is 26.7 Å². The number of rotatable bonds is 8. The van der Waals surface area contributed by atoms with E-state index in [0.717, 1.165) is 43.5 Å². The highest BCUT2D eigenvalue weighted by molar-refractivity contribution is 7.95. The van der Waals surface area contributed by atoms with Crippen LogP contribution in [0.1, 0.15) is 51.3 Å². The molecule has 0 spiro atoms. The third kappa shape index (κ3) is 8.16. The van der Waals surface area contributed by atoms with E-state index in [0.29, 0.717) is 50.4 Å². The third-order valence-electron chi connectivity index (χ3n) is 7.59. The first-order valence-corrected chi connectivity index (χ1v) is 17.2. The molecular weight excluding hydrogens is 714 g/mol. The van der Waals surface area contributed by atoms with E-state index >= 15 is 0 Å². The topological polar surface area (TPSA) is 65.4 Å². The van der Waals surface area contributed by atoms with Crippen molar-refractivity contribution in [2.75, 3.05) is 26.2 Å². The number of thiophene rings is 1. The fourth-order valence-electron chi connectivity index (χ4n) is 5.22. The number of piperidine rings is 1. The zero-order valence-electron chi connectivity index (χ0n) is 25.0. The molecule has 6 rings (SSSR count). The number of hydrogen-bond donors (Lipinski definition) is 2. The predicted molar refractivity (Wildman–Crippen MR) is 178 cm³/mol. The van der Waals surface area contributed by atoms with E-state index in [1.54, 1.807) is 35.0 Å². The van der Waals surface area contributed by atoms with Crippen molar-refractivity contribution >= 4 is 52.6 Å². The smallest absolute Gasteiger partial charge is 0.283 e. The first kappa shape index (κ1) is 34.7. The van der Waals surface area contributed by atoms with Crippen LogP contribution in [0.3, 0.4) is 0 Å². The van der Waals surface area contributed by atoms with Crippen molar-refractivity contribution < 1.29 is 26.7 Å². The maximum Gasteiger partial charge on any atom is 0.416 e. The van der Waals surface area contributed by atoms with Crippen LogP contribution in [-0.4, -0.2) is 57.1 Å². The van der Waals surface area contributed by atoms with Crippen LogP contribution < -0.4 is 10.1 Å². The Labute approximate surface area is 291 Å². The van der Waals surface area contributed by atoms with Crippen molar-refractivity contribution in [3.05, 3.63) is 91.9 Å². The molecule has 2 aliphatic heterocycles. The van der Waals surface area contributed by atoms with Gasteiger partial charge >= 0.3 is 6.18 Å². The van der Waals surface area contributed by atoms with Gasteiger partial charge in [0.25, 0.3) is 11.8 Å². The molecule has 0 aliphatic carbocycles. The van der Waals surface area contributed by atoms with Gasteiger partial charge in [-0.3, -0.25) is 10.2 Å².